The van der Waals surface area contributed by atoms with Gasteiger partial charge in [-0.15, -0.1) is 0 Å². The van der Waals surface area contributed by atoms with Crippen LogP contribution in [0.4, 0.5) is 0 Å². The number of aromatic nitrogens is 1. The van der Waals surface area contributed by atoms with Crippen molar-refractivity contribution in [2.75, 3.05) is 0 Å². The van der Waals surface area contributed by atoms with E-state index in [-0.39, 0.29) is 11.3 Å². The van der Waals surface area contributed by atoms with E-state index >= 15 is 0 Å². The number of H-pyrrole nitrogens is 1. The van der Waals surface area contributed by atoms with Crippen molar-refractivity contribution in [2.45, 2.75) is 6.61 Å². The third kappa shape index (κ3) is 2.63. The highest BCUT2D eigenvalue weighted by Crippen LogP contribution is 2.31. The van der Waals surface area contributed by atoms with Gasteiger partial charge in [-0.25, -0.2) is 0 Å². The molecule has 1 aliphatic rings. The zero-order valence-corrected chi connectivity index (χ0v) is 13.2. The topological polar surface area (TPSA) is 97.2 Å². The van der Waals surface area contributed by atoms with Crippen LogP contribution in [0.3, 0.4) is 0 Å². The minimum atomic E-state index is -0.564. The van der Waals surface area contributed by atoms with Gasteiger partial charge >= 0.3 is 0 Å². The SMILES string of the molecule is NC1=C(c2c[nH]c3ccc(OCc4ccccc4)cc23)C(=O)NC1=O. The standard InChI is InChI=1S/C19H15N3O3/c20-17-16(18(23)22-19(17)24)14-9-21-15-7-6-12(8-13(14)15)25-10-11-4-2-1-3-5-11/h1-9,21H,10H2,(H3,20,22,23,24). The lowest BCUT2D eigenvalue weighted by Gasteiger charge is -2.07. The number of hydrogen-bond donors (Lipinski definition) is 3. The van der Waals surface area contributed by atoms with Crippen LogP contribution in [0.1, 0.15) is 11.1 Å². The number of hydrogen-bond acceptors (Lipinski definition) is 4. The average Bonchev–Trinajstić information content (AvgIpc) is 3.14. The molecule has 3 aromatic rings. The Bertz CT molecular complexity index is 1020. The highest BCUT2D eigenvalue weighted by Gasteiger charge is 2.30. The number of nitrogens with one attached hydrogen (secondary N) is 2. The van der Waals surface area contributed by atoms with Gasteiger partial charge in [-0.3, -0.25) is 14.9 Å². The number of ether oxygens (including phenoxy) is 1. The minimum absolute atomic E-state index is 0.0680. The largest absolute Gasteiger partial charge is 0.489 e. The van der Waals surface area contributed by atoms with E-state index in [1.807, 2.05) is 48.5 Å². The summed E-state index contributed by atoms with van der Waals surface area (Å²) in [5.41, 5.74) is 8.36. The van der Waals surface area contributed by atoms with Crippen LogP contribution >= 0.6 is 0 Å². The number of imide groups is 1. The number of aromatic amines is 1. The van der Waals surface area contributed by atoms with E-state index in [4.69, 9.17) is 10.5 Å². The van der Waals surface area contributed by atoms with Crippen LogP contribution in [-0.4, -0.2) is 16.8 Å². The Kier molecular flexibility index (Phi) is 3.50. The number of fused-ring (bicyclic) bond motifs is 1. The molecule has 0 unspecified atom stereocenters. The number of carbonyl (C=O) groups is 2. The molecule has 2 aromatic carbocycles. The normalized spacial score (nSPS) is 14.2. The van der Waals surface area contributed by atoms with Gasteiger partial charge in [0.1, 0.15) is 18.1 Å². The zero-order valence-electron chi connectivity index (χ0n) is 13.2. The first-order valence-electron chi connectivity index (χ1n) is 7.77. The van der Waals surface area contributed by atoms with Crippen molar-refractivity contribution >= 4 is 28.3 Å². The third-order valence-electron chi connectivity index (χ3n) is 4.14. The molecule has 0 saturated heterocycles. The average molecular weight is 333 g/mol. The molecule has 0 radical (unpaired) electrons. The van der Waals surface area contributed by atoms with Gasteiger partial charge < -0.3 is 15.5 Å². The number of nitrogens with two attached hydrogens (primary N) is 1. The number of rotatable bonds is 4. The van der Waals surface area contributed by atoms with E-state index in [1.54, 1.807) is 6.20 Å². The quantitative estimate of drug-likeness (QED) is 0.637. The monoisotopic (exact) mass is 333 g/mol. The molecule has 124 valence electrons. The number of amides is 2. The maximum atomic E-state index is 12.0. The predicted octanol–water partition coefficient (Wildman–Crippen LogP) is 2.07. The molecule has 0 bridgehead atoms. The van der Waals surface area contributed by atoms with E-state index < -0.39 is 11.8 Å². The van der Waals surface area contributed by atoms with Crippen LogP contribution in [0.15, 0.2) is 60.4 Å². The van der Waals surface area contributed by atoms with E-state index in [2.05, 4.69) is 10.3 Å². The van der Waals surface area contributed by atoms with Crippen molar-refractivity contribution in [3.8, 4) is 5.75 Å². The van der Waals surface area contributed by atoms with Crippen LogP contribution in [0, 0.1) is 0 Å². The second-order valence-electron chi connectivity index (χ2n) is 5.76. The smallest absolute Gasteiger partial charge is 0.274 e. The molecule has 4 N–H and O–H groups in total. The van der Waals surface area contributed by atoms with Gasteiger partial charge in [0.05, 0.1) is 5.57 Å². The van der Waals surface area contributed by atoms with Gasteiger partial charge in [-0.1, -0.05) is 30.3 Å². The maximum absolute atomic E-state index is 12.0. The molecule has 0 atom stereocenters. The fraction of sp³-hybridized carbons (Fsp3) is 0.0526. The Morgan fingerprint density at radius 2 is 1.80 bits per heavy atom. The Morgan fingerprint density at radius 3 is 2.52 bits per heavy atom. The Morgan fingerprint density at radius 1 is 1.00 bits per heavy atom. The van der Waals surface area contributed by atoms with Crippen LogP contribution < -0.4 is 15.8 Å². The fourth-order valence-corrected chi connectivity index (χ4v) is 2.87. The Balaban J connectivity index is 1.69. The van der Waals surface area contributed by atoms with Gasteiger partial charge in [-0.05, 0) is 23.8 Å². The van der Waals surface area contributed by atoms with Crippen molar-refractivity contribution in [3.63, 3.8) is 0 Å². The van der Waals surface area contributed by atoms with E-state index in [0.29, 0.717) is 17.9 Å². The van der Waals surface area contributed by atoms with E-state index in [9.17, 15) is 9.59 Å². The summed E-state index contributed by atoms with van der Waals surface area (Å²) in [4.78, 5) is 26.7. The molecule has 1 aliphatic heterocycles. The second kappa shape index (κ2) is 5.83. The van der Waals surface area contributed by atoms with Crippen LogP contribution in [-0.2, 0) is 16.2 Å². The van der Waals surface area contributed by atoms with Gasteiger partial charge in [-0.2, -0.15) is 0 Å². The zero-order chi connectivity index (χ0) is 17.4. The summed E-state index contributed by atoms with van der Waals surface area (Å²) in [5.74, 6) is -0.383. The van der Waals surface area contributed by atoms with Crippen LogP contribution in [0.25, 0.3) is 16.5 Å². The summed E-state index contributed by atoms with van der Waals surface area (Å²) in [6.45, 7) is 0.440. The maximum Gasteiger partial charge on any atom is 0.274 e. The predicted molar refractivity (Wildman–Crippen MR) is 93.3 cm³/mol. The summed E-state index contributed by atoms with van der Waals surface area (Å²) < 4.78 is 5.83. The summed E-state index contributed by atoms with van der Waals surface area (Å²) in [7, 11) is 0. The van der Waals surface area contributed by atoms with Gasteiger partial charge in [0, 0.05) is 22.7 Å². The van der Waals surface area contributed by atoms with E-state index in [0.717, 1.165) is 16.5 Å². The first kappa shape index (κ1) is 15.0. The molecule has 2 heterocycles. The molecule has 25 heavy (non-hydrogen) atoms. The highest BCUT2D eigenvalue weighted by molar-refractivity contribution is 6.37. The van der Waals surface area contributed by atoms with Crippen molar-refractivity contribution < 1.29 is 14.3 Å². The molecule has 2 amide bonds. The van der Waals surface area contributed by atoms with Crippen molar-refractivity contribution in [1.29, 1.82) is 0 Å². The summed E-state index contributed by atoms with van der Waals surface area (Å²) in [6.07, 6.45) is 1.67. The van der Waals surface area contributed by atoms with Crippen LogP contribution in [0.2, 0.25) is 0 Å². The molecule has 1 aromatic heterocycles. The summed E-state index contributed by atoms with van der Waals surface area (Å²) in [6, 6.07) is 15.4. The molecule has 0 aliphatic carbocycles. The summed E-state index contributed by atoms with van der Waals surface area (Å²) in [5, 5.41) is 2.98. The fourth-order valence-electron chi connectivity index (χ4n) is 2.87. The molecule has 0 fully saturated rings. The van der Waals surface area contributed by atoms with Gasteiger partial charge in [0.25, 0.3) is 11.8 Å². The van der Waals surface area contributed by atoms with Gasteiger partial charge in [0.2, 0.25) is 0 Å². The first-order valence-corrected chi connectivity index (χ1v) is 7.77. The second-order valence-corrected chi connectivity index (χ2v) is 5.76. The Hall–Kier alpha value is -3.54. The van der Waals surface area contributed by atoms with Crippen molar-refractivity contribution in [1.82, 2.24) is 10.3 Å². The van der Waals surface area contributed by atoms with Crippen LogP contribution in [0.5, 0.6) is 5.75 Å². The Labute approximate surface area is 143 Å². The van der Waals surface area contributed by atoms with E-state index in [1.165, 1.54) is 0 Å². The first-order chi connectivity index (χ1) is 12.1. The highest BCUT2D eigenvalue weighted by atomic mass is 16.5. The lowest BCUT2D eigenvalue weighted by atomic mass is 10.0. The van der Waals surface area contributed by atoms with Gasteiger partial charge in [0.15, 0.2) is 0 Å². The van der Waals surface area contributed by atoms with Crippen molar-refractivity contribution in [3.05, 3.63) is 71.6 Å². The summed E-state index contributed by atoms with van der Waals surface area (Å²) >= 11 is 0. The molecule has 6 nitrogen and oxygen atoms in total. The molecular weight excluding hydrogens is 318 g/mol. The lowest BCUT2D eigenvalue weighted by Crippen LogP contribution is -2.24. The number of carbonyl (C=O) groups excluding carboxylic acids is 2. The molecule has 0 saturated carbocycles. The minimum Gasteiger partial charge on any atom is -0.489 e. The molecule has 6 heteroatoms. The number of benzene rings is 2. The third-order valence-corrected chi connectivity index (χ3v) is 4.14. The van der Waals surface area contributed by atoms with Crippen molar-refractivity contribution in [2.24, 2.45) is 5.73 Å². The molecular formula is C19H15N3O3. The molecule has 0 spiro atoms. The lowest BCUT2D eigenvalue weighted by molar-refractivity contribution is -0.123. The molecule has 4 rings (SSSR count).